The molecule has 0 saturated carbocycles. The monoisotopic (exact) mass is 1550 g/mol. The second-order valence-corrected chi connectivity index (χ2v) is 29.8. The number of carbonyl (C=O) groups is 4. The SMILES string of the molecule is CC/C=C\C/C=C\C/C=C\C/C=C\C/C=C\CCCCCC(=O)OCC(COP(=O)(O)OCC(O)COP(=O)(O)OCC(COC(=O)CCCCCCC/C=C\C/C=C\C/C=C\CC)OC(=O)CCCCCCC/C=C\C/C=C\C/C=C\CC)OC(=O)CCCCCCCC/C=C\C/C=C\C/C=C\CCCCC. The molecule has 0 rings (SSSR count). The summed E-state index contributed by atoms with van der Waals surface area (Å²) in [5, 5.41) is 10.7. The first-order valence-corrected chi connectivity index (χ1v) is 44.4. The molecule has 0 fully saturated rings. The topological polar surface area (TPSA) is 237 Å². The molecule has 0 aromatic carbocycles. The quantitative estimate of drug-likeness (QED) is 0.0169. The van der Waals surface area contributed by atoms with E-state index >= 15 is 0 Å². The Hall–Kier alpha value is -5.58. The Morgan fingerprint density at radius 1 is 0.269 bits per heavy atom. The largest absolute Gasteiger partial charge is 0.472 e. The second kappa shape index (κ2) is 79.5. The Labute approximate surface area is 654 Å². The molecule has 19 heteroatoms. The molecule has 17 nitrogen and oxygen atoms in total. The van der Waals surface area contributed by atoms with Crippen molar-refractivity contribution >= 4 is 39.5 Å². The molecule has 0 spiro atoms. The van der Waals surface area contributed by atoms with E-state index in [1.165, 1.54) is 19.3 Å². The van der Waals surface area contributed by atoms with E-state index in [1.807, 2.05) is 0 Å². The van der Waals surface area contributed by atoms with Crippen LogP contribution in [0, 0.1) is 0 Å². The van der Waals surface area contributed by atoms with Gasteiger partial charge in [0.15, 0.2) is 12.2 Å². The minimum Gasteiger partial charge on any atom is -0.462 e. The van der Waals surface area contributed by atoms with Crippen molar-refractivity contribution < 1.29 is 80.2 Å². The number of aliphatic hydroxyl groups excluding tert-OH is 1. The summed E-state index contributed by atoms with van der Waals surface area (Å²) in [4.78, 5) is 73.2. The molecule has 108 heavy (non-hydrogen) atoms. The number of phosphoric ester groups is 2. The Morgan fingerprint density at radius 2 is 0.481 bits per heavy atom. The normalized spacial score (nSPS) is 14.7. The Balaban J connectivity index is 5.46. The van der Waals surface area contributed by atoms with Gasteiger partial charge in [0.2, 0.25) is 0 Å². The van der Waals surface area contributed by atoms with Crippen LogP contribution in [-0.2, 0) is 65.4 Å². The fraction of sp³-hybridized carbons (Fsp3) is 0.640. The van der Waals surface area contributed by atoms with E-state index in [9.17, 15) is 43.2 Å². The maximum atomic E-state index is 13.1. The van der Waals surface area contributed by atoms with Gasteiger partial charge >= 0.3 is 39.5 Å². The van der Waals surface area contributed by atoms with Gasteiger partial charge < -0.3 is 33.8 Å². The molecular weight excluding hydrogens is 1400 g/mol. The summed E-state index contributed by atoms with van der Waals surface area (Å²) < 4.78 is 68.7. The number of aliphatic hydroxyl groups is 1. The number of unbranched alkanes of at least 4 members (excludes halogenated alkanes) is 22. The van der Waals surface area contributed by atoms with Crippen LogP contribution in [0.15, 0.2) is 170 Å². The van der Waals surface area contributed by atoms with Gasteiger partial charge in [-0.1, -0.05) is 281 Å². The number of carbonyl (C=O) groups excluding carboxylic acids is 4. The molecule has 614 valence electrons. The lowest BCUT2D eigenvalue weighted by atomic mass is 10.1. The second-order valence-electron chi connectivity index (χ2n) is 26.9. The third-order valence-electron chi connectivity index (χ3n) is 16.7. The van der Waals surface area contributed by atoms with E-state index in [4.69, 9.17) is 37.0 Å². The van der Waals surface area contributed by atoms with E-state index < -0.39 is 97.5 Å². The van der Waals surface area contributed by atoms with Crippen LogP contribution in [-0.4, -0.2) is 96.7 Å². The average molecular weight is 1550 g/mol. The molecule has 0 aromatic rings. The maximum absolute atomic E-state index is 13.1. The zero-order valence-corrected chi connectivity index (χ0v) is 69.0. The highest BCUT2D eigenvalue weighted by Gasteiger charge is 2.30. The van der Waals surface area contributed by atoms with E-state index in [2.05, 4.69) is 198 Å². The molecule has 3 N–H and O–H groups in total. The molecule has 0 saturated heterocycles. The highest BCUT2D eigenvalue weighted by Crippen LogP contribution is 2.45. The lowest BCUT2D eigenvalue weighted by Gasteiger charge is -2.21. The van der Waals surface area contributed by atoms with Crippen LogP contribution < -0.4 is 0 Å². The molecule has 5 atom stereocenters. The highest BCUT2D eigenvalue weighted by molar-refractivity contribution is 7.47. The number of esters is 4. The number of phosphoric acid groups is 2. The summed E-state index contributed by atoms with van der Waals surface area (Å²) in [6.45, 7) is 4.42. The molecule has 0 bridgehead atoms. The van der Waals surface area contributed by atoms with E-state index in [1.54, 1.807) is 0 Å². The van der Waals surface area contributed by atoms with Crippen LogP contribution >= 0.6 is 15.6 Å². The van der Waals surface area contributed by atoms with Crippen molar-refractivity contribution in [3.63, 3.8) is 0 Å². The van der Waals surface area contributed by atoms with Crippen molar-refractivity contribution in [2.24, 2.45) is 0 Å². The summed E-state index contributed by atoms with van der Waals surface area (Å²) in [5.41, 5.74) is 0. The standard InChI is InChI=1S/C89H146O17P2/c1-5-9-13-17-21-25-29-33-37-39-41-43-47-50-54-58-62-66-70-74-87(92)100-80-85(106-89(94)76-72-68-64-60-56-52-48-44-42-40-38-34-30-26-22-18-14-10-6-2)82-104-108(97,98)102-78-83(90)77-101-107(95,96)103-81-84(105-88(93)75-71-67-63-59-55-51-46-36-32-28-24-20-16-12-8-4)79-99-86(91)73-69-65-61-57-53-49-45-35-31-27-23-19-15-11-7-3/h9,11-13,15-16,21-28,33-38,41-46,50,54,83-85,90H,5-8,10,14,17-20,29-32,39-40,47-49,51-53,55-82H2,1-4H3,(H,95,96)(H,97,98)/b13-9-,15-11-,16-12-,25-21-,26-22-,27-23-,28-24-,37-33-,38-34-,43-41-,44-42-,45-35-,46-36-,54-50-. The van der Waals surface area contributed by atoms with Gasteiger partial charge in [0, 0.05) is 25.7 Å². The molecule has 5 unspecified atom stereocenters. The van der Waals surface area contributed by atoms with Gasteiger partial charge in [-0.3, -0.25) is 37.3 Å². The maximum Gasteiger partial charge on any atom is 0.472 e. The minimum absolute atomic E-state index is 0.0652. The lowest BCUT2D eigenvalue weighted by molar-refractivity contribution is -0.161. The Morgan fingerprint density at radius 3 is 0.750 bits per heavy atom. The Bertz CT molecular complexity index is 2710. The molecule has 0 aromatic heterocycles. The third kappa shape index (κ3) is 78.5. The van der Waals surface area contributed by atoms with Crippen molar-refractivity contribution in [2.75, 3.05) is 39.6 Å². The van der Waals surface area contributed by atoms with Gasteiger partial charge in [0.25, 0.3) is 0 Å². The molecule has 0 radical (unpaired) electrons. The molecule has 0 heterocycles. The Kier molecular flexibility index (Phi) is 75.4. The average Bonchev–Trinajstić information content (AvgIpc) is 0.896. The highest BCUT2D eigenvalue weighted by atomic mass is 31.2. The van der Waals surface area contributed by atoms with Crippen molar-refractivity contribution in [2.45, 2.75) is 329 Å². The third-order valence-corrected chi connectivity index (χ3v) is 18.6. The van der Waals surface area contributed by atoms with Crippen molar-refractivity contribution in [1.29, 1.82) is 0 Å². The van der Waals surface area contributed by atoms with Gasteiger partial charge in [-0.05, 0) is 173 Å². The van der Waals surface area contributed by atoms with Crippen LogP contribution in [0.25, 0.3) is 0 Å². The zero-order chi connectivity index (χ0) is 78.9. The fourth-order valence-electron chi connectivity index (χ4n) is 10.5. The van der Waals surface area contributed by atoms with Gasteiger partial charge in [-0.15, -0.1) is 0 Å². The van der Waals surface area contributed by atoms with E-state index in [0.29, 0.717) is 25.7 Å². The fourth-order valence-corrected chi connectivity index (χ4v) is 12.0. The molecule has 0 amide bonds. The number of rotatable bonds is 76. The predicted octanol–water partition coefficient (Wildman–Crippen LogP) is 24.6. The number of allylic oxidation sites excluding steroid dienone is 28. The summed E-state index contributed by atoms with van der Waals surface area (Å²) in [7, 11) is -10.0. The zero-order valence-electron chi connectivity index (χ0n) is 67.2. The van der Waals surface area contributed by atoms with Crippen LogP contribution in [0.2, 0.25) is 0 Å². The minimum atomic E-state index is -5.00. The molecule has 0 aliphatic heterocycles. The molecular formula is C89H146O17P2. The lowest BCUT2D eigenvalue weighted by Crippen LogP contribution is -2.30. The van der Waals surface area contributed by atoms with Gasteiger partial charge in [-0.2, -0.15) is 0 Å². The van der Waals surface area contributed by atoms with Crippen molar-refractivity contribution in [1.82, 2.24) is 0 Å². The summed E-state index contributed by atoms with van der Waals surface area (Å²) >= 11 is 0. The first-order valence-electron chi connectivity index (χ1n) is 41.4. The summed E-state index contributed by atoms with van der Waals surface area (Å²) in [6.07, 6.45) is 94.6. The number of hydrogen-bond acceptors (Lipinski definition) is 15. The number of hydrogen-bond donors (Lipinski definition) is 3. The van der Waals surface area contributed by atoms with Crippen LogP contribution in [0.4, 0.5) is 0 Å². The first-order chi connectivity index (χ1) is 52.7. The van der Waals surface area contributed by atoms with Gasteiger partial charge in [-0.25, -0.2) is 9.13 Å². The van der Waals surface area contributed by atoms with Crippen LogP contribution in [0.3, 0.4) is 0 Å². The van der Waals surface area contributed by atoms with E-state index in [0.717, 1.165) is 212 Å². The summed E-state index contributed by atoms with van der Waals surface area (Å²) in [6, 6.07) is 0. The van der Waals surface area contributed by atoms with E-state index in [-0.39, 0.29) is 25.7 Å². The first kappa shape index (κ1) is 102. The van der Waals surface area contributed by atoms with Crippen LogP contribution in [0.5, 0.6) is 0 Å². The van der Waals surface area contributed by atoms with Crippen molar-refractivity contribution in [3.8, 4) is 0 Å². The van der Waals surface area contributed by atoms with Crippen molar-refractivity contribution in [3.05, 3.63) is 170 Å². The molecule has 0 aliphatic rings. The molecule has 0 aliphatic carbocycles. The summed E-state index contributed by atoms with van der Waals surface area (Å²) in [5.74, 6) is -2.27. The smallest absolute Gasteiger partial charge is 0.462 e. The predicted molar refractivity (Wildman–Crippen MR) is 445 cm³/mol. The number of ether oxygens (including phenoxy) is 4. The van der Waals surface area contributed by atoms with Crippen LogP contribution in [0.1, 0.15) is 310 Å². The van der Waals surface area contributed by atoms with Gasteiger partial charge in [0.05, 0.1) is 26.4 Å². The van der Waals surface area contributed by atoms with Gasteiger partial charge in [0.1, 0.15) is 19.3 Å².